The second-order valence-corrected chi connectivity index (χ2v) is 5.45. The Balaban J connectivity index is 2.15. The second-order valence-electron chi connectivity index (χ2n) is 4.53. The Morgan fingerprint density at radius 2 is 1.65 bits per heavy atom. The molecule has 1 heterocycles. The molecule has 90 valence electrons. The second kappa shape index (κ2) is 6.18. The highest BCUT2D eigenvalue weighted by Gasteiger charge is 2.20. The average Bonchev–Trinajstić information content (AvgIpc) is 2.62. The molecule has 0 bridgehead atoms. The van der Waals surface area contributed by atoms with Gasteiger partial charge in [0, 0.05) is 4.47 Å². The number of likely N-dealkylation sites (tertiary alicyclic amines) is 1. The monoisotopic (exact) mass is 292 g/mol. The van der Waals surface area contributed by atoms with Crippen molar-refractivity contribution in [2.45, 2.75) is 31.7 Å². The van der Waals surface area contributed by atoms with Gasteiger partial charge in [0.25, 0.3) is 0 Å². The molecule has 1 aromatic rings. The fourth-order valence-electron chi connectivity index (χ4n) is 2.37. The molecule has 0 aliphatic carbocycles. The Labute approximate surface area is 111 Å². The molecule has 0 spiro atoms. The quantitative estimate of drug-likeness (QED) is 0.827. The van der Waals surface area contributed by atoms with Crippen molar-refractivity contribution in [2.75, 3.05) is 13.1 Å². The molecule has 0 N–H and O–H groups in total. The first-order valence-corrected chi connectivity index (χ1v) is 6.99. The van der Waals surface area contributed by atoms with Crippen LogP contribution < -0.4 is 0 Å². The van der Waals surface area contributed by atoms with Gasteiger partial charge in [-0.15, -0.1) is 0 Å². The van der Waals surface area contributed by atoms with Crippen molar-refractivity contribution in [3.05, 3.63) is 34.3 Å². The summed E-state index contributed by atoms with van der Waals surface area (Å²) < 4.78 is 1.06. The molecule has 1 aromatic carbocycles. The van der Waals surface area contributed by atoms with Crippen LogP contribution in [0.15, 0.2) is 28.7 Å². The number of nitrogens with zero attached hydrogens (tertiary/aromatic N) is 2. The summed E-state index contributed by atoms with van der Waals surface area (Å²) in [5.41, 5.74) is 1.11. The molecular formula is C14H17BrN2. The number of benzene rings is 1. The molecule has 0 amide bonds. The number of hydrogen-bond acceptors (Lipinski definition) is 2. The SMILES string of the molecule is N#CC(c1ccc(Br)cc1)N1CCCCCC1. The van der Waals surface area contributed by atoms with Crippen LogP contribution in [-0.4, -0.2) is 18.0 Å². The normalized spacial score (nSPS) is 19.3. The summed E-state index contributed by atoms with van der Waals surface area (Å²) in [6.07, 6.45) is 5.04. The molecule has 1 aliphatic heterocycles. The minimum Gasteiger partial charge on any atom is -0.284 e. The van der Waals surface area contributed by atoms with Crippen LogP contribution in [0.3, 0.4) is 0 Å². The molecule has 2 nitrogen and oxygen atoms in total. The van der Waals surface area contributed by atoms with Crippen molar-refractivity contribution in [2.24, 2.45) is 0 Å². The smallest absolute Gasteiger partial charge is 0.123 e. The Hall–Kier alpha value is -0.850. The van der Waals surface area contributed by atoms with Gasteiger partial charge in [-0.3, -0.25) is 4.90 Å². The summed E-state index contributed by atoms with van der Waals surface area (Å²) in [6, 6.07) is 10.5. The van der Waals surface area contributed by atoms with Crippen molar-refractivity contribution in [3.63, 3.8) is 0 Å². The molecular weight excluding hydrogens is 276 g/mol. The fourth-order valence-corrected chi connectivity index (χ4v) is 2.63. The van der Waals surface area contributed by atoms with E-state index in [9.17, 15) is 5.26 Å². The van der Waals surface area contributed by atoms with Crippen molar-refractivity contribution in [1.82, 2.24) is 4.90 Å². The van der Waals surface area contributed by atoms with Gasteiger partial charge in [-0.1, -0.05) is 40.9 Å². The molecule has 1 unspecified atom stereocenters. The predicted octanol–water partition coefficient (Wildman–Crippen LogP) is 3.89. The zero-order valence-corrected chi connectivity index (χ0v) is 11.5. The molecule has 17 heavy (non-hydrogen) atoms. The third-order valence-corrected chi connectivity index (χ3v) is 3.84. The minimum atomic E-state index is -0.0822. The van der Waals surface area contributed by atoms with E-state index in [0.29, 0.717) is 0 Å². The van der Waals surface area contributed by atoms with Gasteiger partial charge in [0.1, 0.15) is 6.04 Å². The highest BCUT2D eigenvalue weighted by atomic mass is 79.9. The van der Waals surface area contributed by atoms with E-state index >= 15 is 0 Å². The third kappa shape index (κ3) is 3.31. The Morgan fingerprint density at radius 1 is 1.06 bits per heavy atom. The van der Waals surface area contributed by atoms with E-state index in [4.69, 9.17) is 0 Å². The summed E-state index contributed by atoms with van der Waals surface area (Å²) in [6.45, 7) is 2.10. The van der Waals surface area contributed by atoms with Crippen LogP contribution in [0, 0.1) is 11.3 Å². The van der Waals surface area contributed by atoms with E-state index in [2.05, 4.69) is 26.9 Å². The summed E-state index contributed by atoms with van der Waals surface area (Å²) in [7, 11) is 0. The van der Waals surface area contributed by atoms with Crippen molar-refractivity contribution >= 4 is 15.9 Å². The maximum atomic E-state index is 9.39. The molecule has 1 fully saturated rings. The Kier molecular flexibility index (Phi) is 4.58. The zero-order chi connectivity index (χ0) is 12.1. The van der Waals surface area contributed by atoms with E-state index in [1.54, 1.807) is 0 Å². The van der Waals surface area contributed by atoms with Crippen LogP contribution in [0.2, 0.25) is 0 Å². The number of hydrogen-bond donors (Lipinski definition) is 0. The minimum absolute atomic E-state index is 0.0822. The van der Waals surface area contributed by atoms with E-state index in [1.807, 2.05) is 24.3 Å². The van der Waals surface area contributed by atoms with Crippen LogP contribution in [-0.2, 0) is 0 Å². The molecule has 2 rings (SSSR count). The maximum Gasteiger partial charge on any atom is 0.123 e. The van der Waals surface area contributed by atoms with Crippen LogP contribution >= 0.6 is 15.9 Å². The van der Waals surface area contributed by atoms with E-state index < -0.39 is 0 Å². The largest absolute Gasteiger partial charge is 0.284 e. The first-order valence-electron chi connectivity index (χ1n) is 6.20. The van der Waals surface area contributed by atoms with E-state index in [1.165, 1.54) is 25.7 Å². The summed E-state index contributed by atoms with van der Waals surface area (Å²) in [5.74, 6) is 0. The lowest BCUT2D eigenvalue weighted by Crippen LogP contribution is -2.28. The van der Waals surface area contributed by atoms with E-state index in [0.717, 1.165) is 23.1 Å². The van der Waals surface area contributed by atoms with Gasteiger partial charge >= 0.3 is 0 Å². The molecule has 1 atom stereocenters. The lowest BCUT2D eigenvalue weighted by atomic mass is 10.1. The van der Waals surface area contributed by atoms with Crippen molar-refractivity contribution in [1.29, 1.82) is 5.26 Å². The van der Waals surface area contributed by atoms with E-state index in [-0.39, 0.29) is 6.04 Å². The number of halogens is 1. The van der Waals surface area contributed by atoms with Crippen LogP contribution in [0.25, 0.3) is 0 Å². The molecule has 0 saturated carbocycles. The van der Waals surface area contributed by atoms with Crippen LogP contribution in [0.1, 0.15) is 37.3 Å². The first kappa shape index (κ1) is 12.6. The number of nitriles is 1. The first-order chi connectivity index (χ1) is 8.31. The van der Waals surface area contributed by atoms with Gasteiger partial charge in [0.2, 0.25) is 0 Å². The van der Waals surface area contributed by atoms with Gasteiger partial charge in [-0.05, 0) is 43.6 Å². The summed E-state index contributed by atoms with van der Waals surface area (Å²) >= 11 is 3.43. The van der Waals surface area contributed by atoms with Crippen molar-refractivity contribution in [3.8, 4) is 6.07 Å². The predicted molar refractivity (Wildman–Crippen MR) is 72.5 cm³/mol. The van der Waals surface area contributed by atoms with Crippen LogP contribution in [0.4, 0.5) is 0 Å². The van der Waals surface area contributed by atoms with Gasteiger partial charge in [0.15, 0.2) is 0 Å². The highest BCUT2D eigenvalue weighted by molar-refractivity contribution is 9.10. The Morgan fingerprint density at radius 3 is 2.18 bits per heavy atom. The standard InChI is InChI=1S/C14H17BrN2/c15-13-7-5-12(6-8-13)14(11-16)17-9-3-1-2-4-10-17/h5-8,14H,1-4,9-10H2. The average molecular weight is 293 g/mol. The van der Waals surface area contributed by atoms with Gasteiger partial charge in [-0.2, -0.15) is 5.26 Å². The molecule has 1 saturated heterocycles. The molecule has 3 heteroatoms. The zero-order valence-electron chi connectivity index (χ0n) is 9.90. The highest BCUT2D eigenvalue weighted by Crippen LogP contribution is 2.24. The van der Waals surface area contributed by atoms with Crippen molar-refractivity contribution < 1.29 is 0 Å². The Bertz CT molecular complexity index is 386. The lowest BCUT2D eigenvalue weighted by Gasteiger charge is -2.25. The third-order valence-electron chi connectivity index (χ3n) is 3.31. The lowest BCUT2D eigenvalue weighted by molar-refractivity contribution is 0.246. The summed E-state index contributed by atoms with van der Waals surface area (Å²) in [5, 5.41) is 9.39. The van der Waals surface area contributed by atoms with Crippen LogP contribution in [0.5, 0.6) is 0 Å². The molecule has 1 aliphatic rings. The number of rotatable bonds is 2. The molecule has 0 radical (unpaired) electrons. The van der Waals surface area contributed by atoms with Gasteiger partial charge in [0.05, 0.1) is 6.07 Å². The van der Waals surface area contributed by atoms with Gasteiger partial charge in [-0.25, -0.2) is 0 Å². The maximum absolute atomic E-state index is 9.39. The topological polar surface area (TPSA) is 27.0 Å². The molecule has 0 aromatic heterocycles. The fraction of sp³-hybridized carbons (Fsp3) is 0.500. The summed E-state index contributed by atoms with van der Waals surface area (Å²) in [4.78, 5) is 2.32. The van der Waals surface area contributed by atoms with Gasteiger partial charge < -0.3 is 0 Å².